The van der Waals surface area contributed by atoms with Crippen LogP contribution in [0.2, 0.25) is 0 Å². The van der Waals surface area contributed by atoms with Gasteiger partial charge in [0.25, 0.3) is 0 Å². The Bertz CT molecular complexity index is 332. The maximum Gasteiger partial charge on any atom is 0.138 e. The second-order valence-corrected chi connectivity index (χ2v) is 4.94. The first-order chi connectivity index (χ1) is 7.02. The van der Waals surface area contributed by atoms with Crippen molar-refractivity contribution >= 4 is 15.9 Å². The average Bonchev–Trinajstić information content (AvgIpc) is 2.65. The highest BCUT2D eigenvalue weighted by Gasteiger charge is 2.22. The van der Waals surface area contributed by atoms with Crippen molar-refractivity contribution in [3.63, 3.8) is 0 Å². The van der Waals surface area contributed by atoms with Crippen molar-refractivity contribution in [2.75, 3.05) is 5.33 Å². The van der Waals surface area contributed by atoms with Gasteiger partial charge in [0.15, 0.2) is 0 Å². The molecule has 84 valence electrons. The topological polar surface area (TPSA) is 30.7 Å². The van der Waals surface area contributed by atoms with Crippen molar-refractivity contribution in [1.29, 1.82) is 0 Å². The molecule has 0 bridgehead atoms. The standard InChI is InChI=1S/C11H18BrN3/c1-5-11(4,7-12)6-10-13-8-14-15(10)9(2)3/h5,8-9H,1,6-7H2,2-4H3. The first-order valence-corrected chi connectivity index (χ1v) is 6.22. The minimum Gasteiger partial charge on any atom is -0.248 e. The molecule has 1 aromatic rings. The lowest BCUT2D eigenvalue weighted by molar-refractivity contribution is 0.432. The van der Waals surface area contributed by atoms with Crippen LogP contribution >= 0.6 is 15.9 Å². The fraction of sp³-hybridized carbons (Fsp3) is 0.636. The van der Waals surface area contributed by atoms with E-state index in [1.54, 1.807) is 6.33 Å². The highest BCUT2D eigenvalue weighted by Crippen LogP contribution is 2.25. The van der Waals surface area contributed by atoms with E-state index in [2.05, 4.69) is 53.4 Å². The number of halogens is 1. The summed E-state index contributed by atoms with van der Waals surface area (Å²) in [6.45, 7) is 10.2. The van der Waals surface area contributed by atoms with E-state index in [9.17, 15) is 0 Å². The molecule has 0 radical (unpaired) electrons. The summed E-state index contributed by atoms with van der Waals surface area (Å²) in [6, 6.07) is 0.354. The molecule has 15 heavy (non-hydrogen) atoms. The Labute approximate surface area is 99.7 Å². The van der Waals surface area contributed by atoms with Crippen molar-refractivity contribution in [3.05, 3.63) is 24.8 Å². The minimum absolute atomic E-state index is 0.0413. The van der Waals surface area contributed by atoms with Gasteiger partial charge in [-0.2, -0.15) is 5.10 Å². The summed E-state index contributed by atoms with van der Waals surface area (Å²) in [4.78, 5) is 4.30. The van der Waals surface area contributed by atoms with E-state index in [-0.39, 0.29) is 5.41 Å². The summed E-state index contributed by atoms with van der Waals surface area (Å²) in [7, 11) is 0. The highest BCUT2D eigenvalue weighted by atomic mass is 79.9. The zero-order valence-electron chi connectivity index (χ0n) is 9.57. The number of hydrogen-bond donors (Lipinski definition) is 0. The molecule has 0 aliphatic carbocycles. The zero-order chi connectivity index (χ0) is 11.5. The number of rotatable bonds is 5. The quantitative estimate of drug-likeness (QED) is 0.609. The van der Waals surface area contributed by atoms with Crippen molar-refractivity contribution in [2.45, 2.75) is 33.2 Å². The molecule has 4 heteroatoms. The monoisotopic (exact) mass is 271 g/mol. The molecule has 0 N–H and O–H groups in total. The van der Waals surface area contributed by atoms with Crippen LogP contribution in [-0.4, -0.2) is 20.1 Å². The molecule has 0 amide bonds. The molecule has 0 spiro atoms. The summed E-state index contributed by atoms with van der Waals surface area (Å²) < 4.78 is 1.96. The van der Waals surface area contributed by atoms with Crippen molar-refractivity contribution in [1.82, 2.24) is 14.8 Å². The maximum atomic E-state index is 4.30. The third kappa shape index (κ3) is 2.91. The van der Waals surface area contributed by atoms with Gasteiger partial charge in [0.1, 0.15) is 12.2 Å². The zero-order valence-corrected chi connectivity index (χ0v) is 11.2. The van der Waals surface area contributed by atoms with Gasteiger partial charge in [-0.05, 0) is 13.8 Å². The van der Waals surface area contributed by atoms with Crippen LogP contribution in [0.25, 0.3) is 0 Å². The summed E-state index contributed by atoms with van der Waals surface area (Å²) in [5.41, 5.74) is 0.0413. The van der Waals surface area contributed by atoms with Crippen molar-refractivity contribution < 1.29 is 0 Å². The molecule has 0 aliphatic heterocycles. The summed E-state index contributed by atoms with van der Waals surface area (Å²) in [5, 5.41) is 5.11. The van der Waals surface area contributed by atoms with E-state index in [0.717, 1.165) is 17.6 Å². The Hall–Kier alpha value is -0.640. The molecule has 1 aromatic heterocycles. The predicted octanol–water partition coefficient (Wildman–Crippen LogP) is 2.99. The Balaban J connectivity index is 2.88. The van der Waals surface area contributed by atoms with Gasteiger partial charge < -0.3 is 0 Å². The van der Waals surface area contributed by atoms with E-state index >= 15 is 0 Å². The minimum atomic E-state index is 0.0413. The number of nitrogens with zero attached hydrogens (tertiary/aromatic N) is 3. The maximum absolute atomic E-state index is 4.30. The smallest absolute Gasteiger partial charge is 0.138 e. The van der Waals surface area contributed by atoms with Gasteiger partial charge in [-0.25, -0.2) is 9.67 Å². The molecule has 1 atom stereocenters. The number of aromatic nitrogens is 3. The Morgan fingerprint density at radius 2 is 2.33 bits per heavy atom. The van der Waals surface area contributed by atoms with Gasteiger partial charge >= 0.3 is 0 Å². The van der Waals surface area contributed by atoms with Crippen LogP contribution in [0.4, 0.5) is 0 Å². The fourth-order valence-electron chi connectivity index (χ4n) is 1.37. The van der Waals surface area contributed by atoms with E-state index in [1.165, 1.54) is 0 Å². The lowest BCUT2D eigenvalue weighted by atomic mass is 9.89. The van der Waals surface area contributed by atoms with Crippen LogP contribution in [-0.2, 0) is 6.42 Å². The summed E-state index contributed by atoms with van der Waals surface area (Å²) >= 11 is 3.51. The SMILES string of the molecule is C=CC(C)(CBr)Cc1ncnn1C(C)C. The van der Waals surface area contributed by atoms with Crippen LogP contribution < -0.4 is 0 Å². The normalized spacial score (nSPS) is 15.3. The van der Waals surface area contributed by atoms with Gasteiger partial charge in [-0.3, -0.25) is 0 Å². The molecule has 0 aromatic carbocycles. The molecule has 0 fully saturated rings. The van der Waals surface area contributed by atoms with Crippen molar-refractivity contribution in [3.8, 4) is 0 Å². The Morgan fingerprint density at radius 1 is 1.67 bits per heavy atom. The molecule has 0 saturated carbocycles. The van der Waals surface area contributed by atoms with Crippen LogP contribution in [0.3, 0.4) is 0 Å². The first-order valence-electron chi connectivity index (χ1n) is 5.10. The fourth-order valence-corrected chi connectivity index (χ4v) is 1.79. The van der Waals surface area contributed by atoms with Crippen LogP contribution in [0.5, 0.6) is 0 Å². The average molecular weight is 272 g/mol. The molecule has 1 unspecified atom stereocenters. The van der Waals surface area contributed by atoms with Crippen molar-refractivity contribution in [2.24, 2.45) is 5.41 Å². The lowest BCUT2D eigenvalue weighted by Crippen LogP contribution is -2.22. The van der Waals surface area contributed by atoms with E-state index in [1.807, 2.05) is 10.8 Å². The van der Waals surface area contributed by atoms with E-state index < -0.39 is 0 Å². The summed E-state index contributed by atoms with van der Waals surface area (Å²) in [6.07, 6.45) is 4.45. The molecule has 0 aliphatic rings. The third-order valence-electron chi connectivity index (χ3n) is 2.50. The molecule has 1 heterocycles. The highest BCUT2D eigenvalue weighted by molar-refractivity contribution is 9.09. The van der Waals surface area contributed by atoms with Gasteiger partial charge in [-0.15, -0.1) is 6.58 Å². The van der Waals surface area contributed by atoms with Crippen LogP contribution in [0.15, 0.2) is 19.0 Å². The third-order valence-corrected chi connectivity index (χ3v) is 3.78. The first kappa shape index (κ1) is 12.4. The number of allylic oxidation sites excluding steroid dienone is 1. The second-order valence-electron chi connectivity index (χ2n) is 4.38. The van der Waals surface area contributed by atoms with Crippen LogP contribution in [0.1, 0.15) is 32.6 Å². The van der Waals surface area contributed by atoms with Crippen LogP contribution in [0, 0.1) is 5.41 Å². The molecule has 3 nitrogen and oxygen atoms in total. The molecular weight excluding hydrogens is 254 g/mol. The Morgan fingerprint density at radius 3 is 2.80 bits per heavy atom. The molecule has 1 rings (SSSR count). The Kier molecular flexibility index (Phi) is 4.08. The van der Waals surface area contributed by atoms with E-state index in [4.69, 9.17) is 0 Å². The van der Waals surface area contributed by atoms with E-state index in [0.29, 0.717) is 6.04 Å². The van der Waals surface area contributed by atoms with Gasteiger partial charge in [-0.1, -0.05) is 28.9 Å². The number of alkyl halides is 1. The largest absolute Gasteiger partial charge is 0.248 e. The number of hydrogen-bond acceptors (Lipinski definition) is 2. The second kappa shape index (κ2) is 4.92. The predicted molar refractivity (Wildman–Crippen MR) is 66.2 cm³/mol. The molecule has 0 saturated heterocycles. The van der Waals surface area contributed by atoms with Gasteiger partial charge in [0, 0.05) is 23.2 Å². The molecular formula is C11H18BrN3. The lowest BCUT2D eigenvalue weighted by Gasteiger charge is -2.23. The summed E-state index contributed by atoms with van der Waals surface area (Å²) in [5.74, 6) is 1.02. The van der Waals surface area contributed by atoms with Gasteiger partial charge in [0.2, 0.25) is 0 Å². The van der Waals surface area contributed by atoms with Gasteiger partial charge in [0.05, 0.1) is 0 Å².